The fourth-order valence-electron chi connectivity index (χ4n) is 2.35. The molecule has 0 atom stereocenters. The molecule has 1 aliphatic heterocycles. The quantitative estimate of drug-likeness (QED) is 0.824. The highest BCUT2D eigenvalue weighted by atomic mass is 35.5. The van der Waals surface area contributed by atoms with Crippen LogP contribution in [0.4, 0.5) is 16.2 Å². The van der Waals surface area contributed by atoms with Crippen LogP contribution in [0.3, 0.4) is 0 Å². The highest BCUT2D eigenvalue weighted by Gasteiger charge is 2.20. The number of anilines is 2. The molecule has 9 heteroatoms. The molecule has 2 amide bonds. The van der Waals surface area contributed by atoms with Crippen LogP contribution in [0.15, 0.2) is 30.6 Å². The summed E-state index contributed by atoms with van der Waals surface area (Å²) in [5.41, 5.74) is 1.93. The lowest BCUT2D eigenvalue weighted by Crippen LogP contribution is -2.41. The van der Waals surface area contributed by atoms with Gasteiger partial charge in [-0.15, -0.1) is 0 Å². The van der Waals surface area contributed by atoms with E-state index in [0.29, 0.717) is 30.1 Å². The molecule has 1 saturated heterocycles. The van der Waals surface area contributed by atoms with Gasteiger partial charge in [-0.05, 0) is 18.2 Å². The summed E-state index contributed by atoms with van der Waals surface area (Å²) in [7, 11) is 0. The molecule has 3 rings (SSSR count). The number of ether oxygens (including phenoxy) is 1. The Balaban J connectivity index is 1.91. The Morgan fingerprint density at radius 2 is 2.17 bits per heavy atom. The van der Waals surface area contributed by atoms with Crippen LogP contribution in [0.2, 0.25) is 5.15 Å². The summed E-state index contributed by atoms with van der Waals surface area (Å²) < 4.78 is 5.09. The van der Waals surface area contributed by atoms with Crippen LogP contribution in [0, 0.1) is 0 Å². The van der Waals surface area contributed by atoms with Crippen LogP contribution in [-0.4, -0.2) is 46.8 Å². The summed E-state index contributed by atoms with van der Waals surface area (Å²) in [5.74, 6) is -0.128. The highest BCUT2D eigenvalue weighted by Crippen LogP contribution is 2.29. The number of rotatable bonds is 3. The number of hydrogen-bond donors (Lipinski definition) is 2. The number of carboxylic acid groups (broad SMARTS) is 1. The first kappa shape index (κ1) is 16.2. The smallest absolute Gasteiger partial charge is 0.409 e. The van der Waals surface area contributed by atoms with Crippen molar-refractivity contribution in [1.29, 1.82) is 0 Å². The van der Waals surface area contributed by atoms with Crippen LogP contribution in [0.25, 0.3) is 11.3 Å². The van der Waals surface area contributed by atoms with Crippen molar-refractivity contribution < 1.29 is 19.4 Å². The third-order valence-corrected chi connectivity index (χ3v) is 3.64. The molecule has 1 fully saturated rings. The van der Waals surface area contributed by atoms with E-state index in [-0.39, 0.29) is 23.4 Å². The van der Waals surface area contributed by atoms with E-state index < -0.39 is 6.09 Å². The van der Waals surface area contributed by atoms with E-state index in [0.717, 1.165) is 0 Å². The molecule has 1 aliphatic rings. The van der Waals surface area contributed by atoms with Crippen molar-refractivity contribution in [2.45, 2.75) is 0 Å². The van der Waals surface area contributed by atoms with Crippen LogP contribution >= 0.6 is 11.6 Å². The number of halogens is 1. The Kier molecular flexibility index (Phi) is 4.59. The summed E-state index contributed by atoms with van der Waals surface area (Å²) in [6.45, 7) is 0.991. The number of hydrogen-bond acceptors (Lipinski definition) is 5. The first-order valence-corrected chi connectivity index (χ1v) is 7.42. The molecule has 0 aliphatic carbocycles. The van der Waals surface area contributed by atoms with Crippen LogP contribution in [-0.2, 0) is 9.53 Å². The molecular weight excluding hydrogens is 336 g/mol. The number of carbonyl (C=O) groups excluding carboxylic acids is 1. The molecule has 0 radical (unpaired) electrons. The normalized spacial score (nSPS) is 14.5. The fourth-order valence-corrected chi connectivity index (χ4v) is 2.51. The van der Waals surface area contributed by atoms with Gasteiger partial charge in [0.2, 0.25) is 0 Å². The van der Waals surface area contributed by atoms with Crippen molar-refractivity contribution in [1.82, 2.24) is 9.97 Å². The van der Waals surface area contributed by atoms with Crippen LogP contribution < -0.4 is 10.2 Å². The van der Waals surface area contributed by atoms with Crippen molar-refractivity contribution in [3.05, 3.63) is 35.7 Å². The second-order valence-electron chi connectivity index (χ2n) is 4.98. The van der Waals surface area contributed by atoms with Gasteiger partial charge in [-0.1, -0.05) is 11.6 Å². The summed E-state index contributed by atoms with van der Waals surface area (Å²) >= 11 is 5.81. The average Bonchev–Trinajstić information content (AvgIpc) is 2.55. The summed E-state index contributed by atoms with van der Waals surface area (Å²) in [6, 6.07) is 4.84. The Bertz CT molecular complexity index is 782. The lowest BCUT2D eigenvalue weighted by molar-refractivity contribution is -0.125. The molecule has 0 aromatic carbocycles. The zero-order chi connectivity index (χ0) is 17.1. The average molecular weight is 349 g/mol. The lowest BCUT2D eigenvalue weighted by atomic mass is 10.1. The van der Waals surface area contributed by atoms with Gasteiger partial charge < -0.3 is 14.7 Å². The second kappa shape index (κ2) is 6.81. The molecule has 2 aromatic rings. The molecular formula is C15H13ClN4O4. The molecule has 2 aromatic heterocycles. The maximum Gasteiger partial charge on any atom is 0.409 e. The van der Waals surface area contributed by atoms with Crippen molar-refractivity contribution >= 4 is 35.0 Å². The Labute approximate surface area is 142 Å². The van der Waals surface area contributed by atoms with Gasteiger partial charge in [0.25, 0.3) is 5.91 Å². The van der Waals surface area contributed by atoms with Crippen molar-refractivity contribution in [3.8, 4) is 11.3 Å². The van der Waals surface area contributed by atoms with E-state index in [1.165, 1.54) is 12.3 Å². The summed E-state index contributed by atoms with van der Waals surface area (Å²) in [4.78, 5) is 32.6. The molecule has 24 heavy (non-hydrogen) atoms. The molecule has 0 spiro atoms. The molecule has 2 N–H and O–H groups in total. The third kappa shape index (κ3) is 3.44. The Hall–Kier alpha value is -2.71. The number of pyridine rings is 2. The zero-order valence-corrected chi connectivity index (χ0v) is 13.2. The van der Waals surface area contributed by atoms with E-state index in [1.54, 1.807) is 23.2 Å². The number of morpholine rings is 1. The number of carbonyl (C=O) groups is 2. The Morgan fingerprint density at radius 1 is 1.33 bits per heavy atom. The van der Waals surface area contributed by atoms with Gasteiger partial charge in [0.1, 0.15) is 11.8 Å². The lowest BCUT2D eigenvalue weighted by Gasteiger charge is -2.26. The SMILES string of the molecule is O=C(O)Nc1cc(Cl)ncc1-c1ccc(N2CCOCC2=O)cn1. The molecule has 124 valence electrons. The minimum Gasteiger partial charge on any atom is -0.465 e. The number of nitrogens with zero attached hydrogens (tertiary/aromatic N) is 3. The van der Waals surface area contributed by atoms with Crippen molar-refractivity contribution in [3.63, 3.8) is 0 Å². The highest BCUT2D eigenvalue weighted by molar-refractivity contribution is 6.29. The fraction of sp³-hybridized carbons (Fsp3) is 0.200. The van der Waals surface area contributed by atoms with E-state index in [9.17, 15) is 9.59 Å². The predicted octanol–water partition coefficient (Wildman–Crippen LogP) is 2.25. The summed E-state index contributed by atoms with van der Waals surface area (Å²) in [6.07, 6.45) is 1.78. The topological polar surface area (TPSA) is 105 Å². The molecule has 3 heterocycles. The maximum absolute atomic E-state index is 11.8. The van der Waals surface area contributed by atoms with Gasteiger partial charge in [-0.2, -0.15) is 0 Å². The van der Waals surface area contributed by atoms with Crippen molar-refractivity contribution in [2.75, 3.05) is 30.0 Å². The number of nitrogens with one attached hydrogen (secondary N) is 1. The first-order chi connectivity index (χ1) is 11.5. The Morgan fingerprint density at radius 3 is 2.83 bits per heavy atom. The van der Waals surface area contributed by atoms with Gasteiger partial charge >= 0.3 is 6.09 Å². The molecule has 0 saturated carbocycles. The monoisotopic (exact) mass is 348 g/mol. The number of aromatic nitrogens is 2. The van der Waals surface area contributed by atoms with E-state index in [1.807, 2.05) is 0 Å². The molecule has 8 nitrogen and oxygen atoms in total. The van der Waals surface area contributed by atoms with Gasteiger partial charge in [0.15, 0.2) is 0 Å². The summed E-state index contributed by atoms with van der Waals surface area (Å²) in [5, 5.41) is 11.4. The van der Waals surface area contributed by atoms with E-state index >= 15 is 0 Å². The van der Waals surface area contributed by atoms with Crippen LogP contribution in [0.1, 0.15) is 0 Å². The zero-order valence-electron chi connectivity index (χ0n) is 12.4. The van der Waals surface area contributed by atoms with Gasteiger partial charge in [-0.25, -0.2) is 9.78 Å². The van der Waals surface area contributed by atoms with Crippen LogP contribution in [0.5, 0.6) is 0 Å². The number of amides is 2. The predicted molar refractivity (Wildman–Crippen MR) is 87.3 cm³/mol. The maximum atomic E-state index is 11.8. The second-order valence-corrected chi connectivity index (χ2v) is 5.37. The van der Waals surface area contributed by atoms with Gasteiger partial charge in [0.05, 0.1) is 29.9 Å². The molecule has 0 unspecified atom stereocenters. The van der Waals surface area contributed by atoms with E-state index in [4.69, 9.17) is 21.4 Å². The minimum absolute atomic E-state index is 0.0511. The van der Waals surface area contributed by atoms with Crippen molar-refractivity contribution in [2.24, 2.45) is 0 Å². The largest absolute Gasteiger partial charge is 0.465 e. The van der Waals surface area contributed by atoms with Gasteiger partial charge in [-0.3, -0.25) is 15.1 Å². The molecule has 0 bridgehead atoms. The standard InChI is InChI=1S/C15H13ClN4O4/c16-13-5-12(19-15(22)23)10(7-18-13)11-2-1-9(6-17-11)20-3-4-24-8-14(20)21/h1-2,5-7H,3-4,8H2,(H,18,19)(H,22,23). The minimum atomic E-state index is -1.21. The van der Waals surface area contributed by atoms with Gasteiger partial charge in [0, 0.05) is 18.3 Å². The first-order valence-electron chi connectivity index (χ1n) is 7.04. The van der Waals surface area contributed by atoms with E-state index in [2.05, 4.69) is 15.3 Å². The third-order valence-electron chi connectivity index (χ3n) is 3.43.